The second kappa shape index (κ2) is 10.1. The third-order valence-corrected chi connectivity index (χ3v) is 6.81. The Labute approximate surface area is 199 Å². The van der Waals surface area contributed by atoms with Gasteiger partial charge >= 0.3 is 0 Å². The fraction of sp³-hybridized carbons (Fsp3) is 0.167. The molecular weight excluding hydrogens is 461 g/mol. The molecule has 0 saturated heterocycles. The van der Waals surface area contributed by atoms with E-state index in [0.717, 1.165) is 4.90 Å². The van der Waals surface area contributed by atoms with Crippen molar-refractivity contribution in [3.8, 4) is 17.6 Å². The van der Waals surface area contributed by atoms with Gasteiger partial charge in [-0.3, -0.25) is 4.79 Å². The third-order valence-electron chi connectivity index (χ3n) is 4.96. The van der Waals surface area contributed by atoms with Crippen LogP contribution in [0.3, 0.4) is 0 Å². The van der Waals surface area contributed by atoms with Crippen molar-refractivity contribution in [1.29, 1.82) is 5.26 Å². The van der Waals surface area contributed by atoms with Gasteiger partial charge in [0.1, 0.15) is 5.75 Å². The van der Waals surface area contributed by atoms with Crippen molar-refractivity contribution in [1.82, 2.24) is 5.32 Å². The van der Waals surface area contributed by atoms with Crippen molar-refractivity contribution in [3.63, 3.8) is 0 Å². The van der Waals surface area contributed by atoms with Crippen LogP contribution in [-0.4, -0.2) is 24.8 Å². The molecule has 6 nitrogen and oxygen atoms in total. The molecule has 0 aromatic heterocycles. The van der Waals surface area contributed by atoms with Gasteiger partial charge in [-0.2, -0.15) is 5.26 Å². The number of nitrogens with zero attached hydrogens (tertiary/aromatic N) is 1. The highest BCUT2D eigenvalue weighted by molar-refractivity contribution is 8.00. The number of hydrogen-bond acceptors (Lipinski definition) is 7. The number of benzene rings is 3. The molecule has 1 heterocycles. The summed E-state index contributed by atoms with van der Waals surface area (Å²) in [4.78, 5) is 15.0. The molecule has 1 aliphatic rings. The Morgan fingerprint density at radius 3 is 2.55 bits per heavy atom. The summed E-state index contributed by atoms with van der Waals surface area (Å²) in [6.45, 7) is 0. The quantitative estimate of drug-likeness (QED) is 0.451. The molecule has 1 amide bonds. The first-order chi connectivity index (χ1) is 16.0. The van der Waals surface area contributed by atoms with E-state index in [1.54, 1.807) is 42.1 Å². The Kier molecular flexibility index (Phi) is 6.96. The van der Waals surface area contributed by atoms with Gasteiger partial charge in [0.2, 0.25) is 6.10 Å². The lowest BCUT2D eigenvalue weighted by atomic mass is 10.1. The van der Waals surface area contributed by atoms with Crippen LogP contribution in [0.1, 0.15) is 17.2 Å². The van der Waals surface area contributed by atoms with Gasteiger partial charge in [0.25, 0.3) is 5.91 Å². The van der Waals surface area contributed by atoms with E-state index in [9.17, 15) is 9.18 Å². The van der Waals surface area contributed by atoms with Gasteiger partial charge in [-0.1, -0.05) is 23.9 Å². The van der Waals surface area contributed by atoms with Crippen LogP contribution in [0, 0.1) is 17.1 Å². The van der Waals surface area contributed by atoms with Crippen LogP contribution in [0.25, 0.3) is 0 Å². The summed E-state index contributed by atoms with van der Waals surface area (Å²) in [5, 5.41) is 15.1. The number of ether oxygens (including phenoxy) is 2. The smallest absolute Gasteiger partial charge is 0.268 e. The van der Waals surface area contributed by atoms with Gasteiger partial charge < -0.3 is 20.1 Å². The van der Waals surface area contributed by atoms with E-state index in [1.807, 2.05) is 30.5 Å². The van der Waals surface area contributed by atoms with Crippen molar-refractivity contribution in [2.45, 2.75) is 21.4 Å². The number of nitrogens with one attached hydrogen (secondary N) is 2. The Hall–Kier alpha value is -3.35. The number of halogens is 1. The van der Waals surface area contributed by atoms with Crippen molar-refractivity contribution in [3.05, 3.63) is 77.6 Å². The zero-order valence-electron chi connectivity index (χ0n) is 17.8. The van der Waals surface area contributed by atoms with Crippen LogP contribution in [0.4, 0.5) is 10.1 Å². The average molecular weight is 482 g/mol. The number of fused-ring (bicyclic) bond motifs is 1. The lowest BCUT2D eigenvalue weighted by Crippen LogP contribution is -2.40. The molecule has 9 heteroatoms. The predicted octanol–water partition coefficient (Wildman–Crippen LogP) is 5.17. The number of anilines is 1. The summed E-state index contributed by atoms with van der Waals surface area (Å²) < 4.78 is 25.3. The summed E-state index contributed by atoms with van der Waals surface area (Å²) >= 11 is 2.86. The SMILES string of the molecule is COc1c(F)ccc2c1SC(NC(=O)C(Oc1ccc(C#N)cc1)c1ccc(SC)cc1)N2. The first kappa shape index (κ1) is 22.8. The van der Waals surface area contributed by atoms with E-state index in [0.29, 0.717) is 27.5 Å². The van der Waals surface area contributed by atoms with Crippen LogP contribution in [-0.2, 0) is 4.79 Å². The third kappa shape index (κ3) is 5.02. The summed E-state index contributed by atoms with van der Waals surface area (Å²) in [5.41, 5.74) is 1.33. The maximum Gasteiger partial charge on any atom is 0.268 e. The average Bonchev–Trinajstić information content (AvgIpc) is 3.25. The zero-order valence-corrected chi connectivity index (χ0v) is 19.4. The van der Waals surface area contributed by atoms with Crippen molar-refractivity contribution in [2.24, 2.45) is 0 Å². The van der Waals surface area contributed by atoms with E-state index in [2.05, 4.69) is 16.7 Å². The van der Waals surface area contributed by atoms with E-state index < -0.39 is 17.4 Å². The van der Waals surface area contributed by atoms with Gasteiger partial charge in [-0.05, 0) is 54.8 Å². The standard InChI is InChI=1S/C24H20FN3O3S2/c1-30-21-18(25)11-12-19-22(21)33-24(27-19)28-23(29)20(15-5-9-17(32-2)10-6-15)31-16-7-3-14(13-26)4-8-16/h3-12,20,24,27H,1-2H3,(H,28,29). The van der Waals surface area contributed by atoms with E-state index in [1.165, 1.54) is 24.9 Å². The molecule has 3 aromatic rings. The molecule has 0 radical (unpaired) electrons. The highest BCUT2D eigenvalue weighted by Crippen LogP contribution is 2.45. The molecule has 0 spiro atoms. The summed E-state index contributed by atoms with van der Waals surface area (Å²) in [6, 6.07) is 19.1. The summed E-state index contributed by atoms with van der Waals surface area (Å²) in [7, 11) is 1.41. The van der Waals surface area contributed by atoms with Gasteiger partial charge in [0, 0.05) is 10.5 Å². The molecule has 0 aliphatic carbocycles. The molecule has 0 fully saturated rings. The van der Waals surface area contributed by atoms with Crippen LogP contribution in [0.2, 0.25) is 0 Å². The largest absolute Gasteiger partial charge is 0.492 e. The number of nitriles is 1. The number of rotatable bonds is 7. The zero-order chi connectivity index (χ0) is 23.4. The van der Waals surface area contributed by atoms with Gasteiger partial charge in [-0.25, -0.2) is 4.39 Å². The van der Waals surface area contributed by atoms with Crippen molar-refractivity contribution in [2.75, 3.05) is 18.7 Å². The molecule has 2 N–H and O–H groups in total. The fourth-order valence-electron chi connectivity index (χ4n) is 3.31. The number of carbonyl (C=O) groups excluding carboxylic acids is 1. The highest BCUT2D eigenvalue weighted by Gasteiger charge is 2.31. The number of carbonyl (C=O) groups is 1. The molecule has 1 aliphatic heterocycles. The molecule has 2 unspecified atom stereocenters. The summed E-state index contributed by atoms with van der Waals surface area (Å²) in [6.07, 6.45) is 1.04. The van der Waals surface area contributed by atoms with E-state index in [-0.39, 0.29) is 11.7 Å². The Morgan fingerprint density at radius 2 is 1.91 bits per heavy atom. The molecular formula is C24H20FN3O3S2. The number of amides is 1. The molecule has 168 valence electrons. The van der Waals surface area contributed by atoms with Crippen molar-refractivity contribution < 1.29 is 18.7 Å². The maximum atomic E-state index is 14.0. The van der Waals surface area contributed by atoms with E-state index in [4.69, 9.17) is 14.7 Å². The fourth-order valence-corrected chi connectivity index (χ4v) is 4.86. The minimum Gasteiger partial charge on any atom is -0.492 e. The van der Waals surface area contributed by atoms with E-state index >= 15 is 0 Å². The molecule has 33 heavy (non-hydrogen) atoms. The highest BCUT2D eigenvalue weighted by atomic mass is 32.2. The minimum atomic E-state index is -0.932. The monoisotopic (exact) mass is 481 g/mol. The molecule has 4 rings (SSSR count). The maximum absolute atomic E-state index is 14.0. The second-order valence-corrected chi connectivity index (χ2v) is 9.01. The Morgan fingerprint density at radius 1 is 1.18 bits per heavy atom. The Bertz CT molecular complexity index is 1200. The molecule has 2 atom stereocenters. The lowest BCUT2D eigenvalue weighted by molar-refractivity contribution is -0.128. The van der Waals surface area contributed by atoms with Crippen LogP contribution >= 0.6 is 23.5 Å². The van der Waals surface area contributed by atoms with Gasteiger partial charge in [0.15, 0.2) is 17.1 Å². The molecule has 0 bridgehead atoms. The van der Waals surface area contributed by atoms with Crippen molar-refractivity contribution >= 4 is 35.1 Å². The summed E-state index contributed by atoms with van der Waals surface area (Å²) in [5.74, 6) is -0.233. The first-order valence-corrected chi connectivity index (χ1v) is 12.0. The minimum absolute atomic E-state index is 0.139. The number of thioether (sulfide) groups is 2. The molecule has 0 saturated carbocycles. The first-order valence-electron chi connectivity index (χ1n) is 9.93. The predicted molar refractivity (Wildman–Crippen MR) is 127 cm³/mol. The lowest BCUT2D eigenvalue weighted by Gasteiger charge is -2.22. The van der Waals surface area contributed by atoms with Gasteiger partial charge in [0.05, 0.1) is 29.3 Å². The Balaban J connectivity index is 1.55. The second-order valence-electron chi connectivity index (χ2n) is 7.02. The normalized spacial score (nSPS) is 15.0. The molecule has 3 aromatic carbocycles. The van der Waals surface area contributed by atoms with Gasteiger partial charge in [-0.15, -0.1) is 11.8 Å². The van der Waals surface area contributed by atoms with Crippen LogP contribution in [0.15, 0.2) is 70.5 Å². The van der Waals surface area contributed by atoms with Crippen LogP contribution < -0.4 is 20.1 Å². The number of hydrogen-bond donors (Lipinski definition) is 2. The number of methoxy groups -OCH3 is 1. The topological polar surface area (TPSA) is 83.4 Å². The van der Waals surface area contributed by atoms with Crippen LogP contribution in [0.5, 0.6) is 11.5 Å².